The van der Waals surface area contributed by atoms with Crippen molar-refractivity contribution >= 4 is 28.1 Å². The van der Waals surface area contributed by atoms with Gasteiger partial charge in [-0.05, 0) is 28.8 Å². The first-order chi connectivity index (χ1) is 14.7. The van der Waals surface area contributed by atoms with Gasteiger partial charge in [-0.3, -0.25) is 4.90 Å². The van der Waals surface area contributed by atoms with E-state index in [0.717, 1.165) is 11.1 Å². The maximum Gasteiger partial charge on any atom is 0.240 e. The van der Waals surface area contributed by atoms with Gasteiger partial charge in [-0.15, -0.1) is 12.4 Å². The fourth-order valence-corrected chi connectivity index (χ4v) is 4.40. The summed E-state index contributed by atoms with van der Waals surface area (Å²) in [7, 11) is -0.423. The van der Waals surface area contributed by atoms with Crippen molar-refractivity contribution < 1.29 is 13.5 Å². The maximum absolute atomic E-state index is 12.1. The Labute approximate surface area is 196 Å². The molecule has 1 atom stereocenters. The molecule has 172 valence electrons. The highest BCUT2D eigenvalue weighted by Crippen LogP contribution is 2.27. The molecule has 0 saturated carbocycles. The molecule has 0 aliphatic heterocycles. The zero-order chi connectivity index (χ0) is 22.4. The van der Waals surface area contributed by atoms with Crippen LogP contribution in [-0.2, 0) is 23.1 Å². The minimum absolute atomic E-state index is 0. The quantitative estimate of drug-likeness (QED) is 0.494. The van der Waals surface area contributed by atoms with Gasteiger partial charge in [0.2, 0.25) is 10.0 Å². The first kappa shape index (κ1) is 25.8. The smallest absolute Gasteiger partial charge is 0.240 e. The molecule has 0 spiro atoms. The molecule has 3 aromatic rings. The van der Waals surface area contributed by atoms with Crippen LogP contribution in [0.3, 0.4) is 0 Å². The maximum atomic E-state index is 12.1. The number of anilines is 1. The predicted molar refractivity (Wildman–Crippen MR) is 131 cm³/mol. The number of benzene rings is 3. The molecule has 8 heteroatoms. The van der Waals surface area contributed by atoms with E-state index < -0.39 is 16.1 Å². The lowest BCUT2D eigenvalue weighted by molar-refractivity contribution is 0.105. The van der Waals surface area contributed by atoms with E-state index in [1.54, 1.807) is 31.1 Å². The summed E-state index contributed by atoms with van der Waals surface area (Å²) >= 11 is 0. The van der Waals surface area contributed by atoms with Crippen molar-refractivity contribution in [1.82, 2.24) is 4.90 Å². The molecule has 0 aliphatic rings. The number of nitrogens with zero attached hydrogens (tertiary/aromatic N) is 2. The molecule has 0 saturated heterocycles. The lowest BCUT2D eigenvalue weighted by atomic mass is 10.1. The van der Waals surface area contributed by atoms with Crippen LogP contribution in [0.15, 0.2) is 83.8 Å². The van der Waals surface area contributed by atoms with Gasteiger partial charge in [0.15, 0.2) is 0 Å². The zero-order valence-corrected chi connectivity index (χ0v) is 19.9. The van der Waals surface area contributed by atoms with E-state index in [2.05, 4.69) is 29.2 Å². The molecule has 0 bridgehead atoms. The predicted octanol–water partition coefficient (Wildman–Crippen LogP) is 3.56. The van der Waals surface area contributed by atoms with Crippen LogP contribution in [0.1, 0.15) is 22.8 Å². The molecule has 0 heterocycles. The summed E-state index contributed by atoms with van der Waals surface area (Å²) in [5.74, 6) is 0. The molecule has 6 nitrogen and oxygen atoms in total. The van der Waals surface area contributed by atoms with Crippen LogP contribution in [0.4, 0.5) is 5.69 Å². The number of sulfonamides is 1. The van der Waals surface area contributed by atoms with E-state index in [1.807, 2.05) is 36.4 Å². The van der Waals surface area contributed by atoms with Crippen molar-refractivity contribution in [3.05, 3.63) is 95.6 Å². The minimum atomic E-state index is -3.93. The van der Waals surface area contributed by atoms with Crippen LogP contribution >= 0.6 is 12.4 Å². The van der Waals surface area contributed by atoms with E-state index in [-0.39, 0.29) is 17.3 Å². The van der Waals surface area contributed by atoms with E-state index in [1.165, 1.54) is 6.07 Å². The van der Waals surface area contributed by atoms with Crippen molar-refractivity contribution in [2.45, 2.75) is 24.1 Å². The normalized spacial score (nSPS) is 12.3. The average molecular weight is 476 g/mol. The lowest BCUT2D eigenvalue weighted by Gasteiger charge is -2.26. The summed E-state index contributed by atoms with van der Waals surface area (Å²) < 4.78 is 24.2. The second-order valence-electron chi connectivity index (χ2n) is 7.82. The molecule has 3 aromatic carbocycles. The minimum Gasteiger partial charge on any atom is -0.387 e. The summed E-state index contributed by atoms with van der Waals surface area (Å²) in [6.45, 7) is 1.66. The third-order valence-electron chi connectivity index (χ3n) is 5.09. The molecular weight excluding hydrogens is 446 g/mol. The van der Waals surface area contributed by atoms with Gasteiger partial charge in [-0.2, -0.15) is 0 Å². The van der Waals surface area contributed by atoms with Crippen molar-refractivity contribution in [1.29, 1.82) is 0 Å². The molecule has 32 heavy (non-hydrogen) atoms. The Morgan fingerprint density at radius 2 is 1.38 bits per heavy atom. The highest BCUT2D eigenvalue weighted by atomic mass is 35.5. The Balaban J connectivity index is 0.00000363. The van der Waals surface area contributed by atoms with Gasteiger partial charge in [0.25, 0.3) is 0 Å². The van der Waals surface area contributed by atoms with Gasteiger partial charge in [-0.1, -0.05) is 66.7 Å². The van der Waals surface area contributed by atoms with Gasteiger partial charge in [0.05, 0.1) is 11.8 Å². The highest BCUT2D eigenvalue weighted by molar-refractivity contribution is 7.89. The molecule has 0 aliphatic carbocycles. The number of halogens is 1. The lowest BCUT2D eigenvalue weighted by Crippen LogP contribution is -2.28. The van der Waals surface area contributed by atoms with Crippen LogP contribution in [0, 0.1) is 0 Å². The number of rotatable bonds is 9. The topological polar surface area (TPSA) is 86.9 Å². The summed E-state index contributed by atoms with van der Waals surface area (Å²) in [5.41, 5.74) is 3.28. The van der Waals surface area contributed by atoms with E-state index in [9.17, 15) is 13.5 Å². The third-order valence-corrected chi connectivity index (χ3v) is 6.03. The van der Waals surface area contributed by atoms with Gasteiger partial charge >= 0.3 is 0 Å². The van der Waals surface area contributed by atoms with Gasteiger partial charge in [0, 0.05) is 33.7 Å². The highest BCUT2D eigenvalue weighted by Gasteiger charge is 2.20. The molecule has 3 N–H and O–H groups in total. The summed E-state index contributed by atoms with van der Waals surface area (Å²) in [6.07, 6.45) is -0.871. The summed E-state index contributed by atoms with van der Waals surface area (Å²) in [4.78, 5) is 3.84. The van der Waals surface area contributed by atoms with Crippen molar-refractivity contribution in [3.63, 3.8) is 0 Å². The average Bonchev–Trinajstić information content (AvgIpc) is 2.74. The van der Waals surface area contributed by atoms with E-state index in [4.69, 9.17) is 5.14 Å². The van der Waals surface area contributed by atoms with E-state index >= 15 is 0 Å². The molecule has 3 rings (SSSR count). The SMILES string of the molecule is CN(C)c1ccc(C(O)CN(Cc2ccccc2)Cc2ccccc2)cc1S(N)(=O)=O.Cl. The molecule has 0 fully saturated rings. The Kier molecular flexibility index (Phi) is 9.24. The second kappa shape index (κ2) is 11.4. The molecular formula is C24H30ClN3O3S. The van der Waals surface area contributed by atoms with Crippen LogP contribution in [0.5, 0.6) is 0 Å². The molecule has 0 radical (unpaired) electrons. The Morgan fingerprint density at radius 1 is 0.875 bits per heavy atom. The molecule has 1 unspecified atom stereocenters. The number of aliphatic hydroxyl groups excluding tert-OH is 1. The van der Waals surface area contributed by atoms with Crippen LogP contribution < -0.4 is 10.0 Å². The number of aliphatic hydroxyl groups is 1. The van der Waals surface area contributed by atoms with Crippen LogP contribution in [-0.4, -0.2) is 39.1 Å². The Morgan fingerprint density at radius 3 is 1.81 bits per heavy atom. The summed E-state index contributed by atoms with van der Waals surface area (Å²) in [6, 6.07) is 25.0. The van der Waals surface area contributed by atoms with Gasteiger partial charge < -0.3 is 10.0 Å². The van der Waals surface area contributed by atoms with Gasteiger partial charge in [0.1, 0.15) is 4.90 Å². The first-order valence-corrected chi connectivity index (χ1v) is 11.6. The number of primary sulfonamides is 1. The molecule has 0 amide bonds. The Bertz CT molecular complexity index is 1050. The number of nitrogens with two attached hydrogens (primary N) is 1. The third kappa shape index (κ3) is 7.05. The van der Waals surface area contributed by atoms with Crippen molar-refractivity contribution in [3.8, 4) is 0 Å². The van der Waals surface area contributed by atoms with Gasteiger partial charge in [-0.25, -0.2) is 13.6 Å². The largest absolute Gasteiger partial charge is 0.387 e. The van der Waals surface area contributed by atoms with E-state index in [0.29, 0.717) is 30.9 Å². The van der Waals surface area contributed by atoms with Crippen molar-refractivity contribution in [2.24, 2.45) is 5.14 Å². The zero-order valence-electron chi connectivity index (χ0n) is 18.3. The monoisotopic (exact) mass is 475 g/mol. The van der Waals surface area contributed by atoms with Crippen LogP contribution in [0.2, 0.25) is 0 Å². The van der Waals surface area contributed by atoms with Crippen molar-refractivity contribution in [2.75, 3.05) is 25.5 Å². The molecule has 0 aromatic heterocycles. The fraction of sp³-hybridized carbons (Fsp3) is 0.250. The fourth-order valence-electron chi connectivity index (χ4n) is 3.55. The first-order valence-electron chi connectivity index (χ1n) is 10.1. The van der Waals surface area contributed by atoms with Crippen LogP contribution in [0.25, 0.3) is 0 Å². The second-order valence-corrected chi connectivity index (χ2v) is 9.35. The Hall–Kier alpha value is -2.42. The number of hydrogen-bond donors (Lipinski definition) is 2. The summed E-state index contributed by atoms with van der Waals surface area (Å²) in [5, 5.41) is 16.4. The standard InChI is InChI=1S/C24H29N3O3S.ClH/c1-26(2)22-14-13-21(15-24(22)31(25,29)30)23(28)18-27(16-19-9-5-3-6-10-19)17-20-11-7-4-8-12-20;/h3-15,23,28H,16-18H2,1-2H3,(H2,25,29,30);1H. The number of hydrogen-bond acceptors (Lipinski definition) is 5.